The summed E-state index contributed by atoms with van der Waals surface area (Å²) in [5, 5.41) is 9.45. The number of hydrogen-bond acceptors (Lipinski definition) is 4. The predicted molar refractivity (Wildman–Crippen MR) is 62.5 cm³/mol. The average molecular weight is 246 g/mol. The summed E-state index contributed by atoms with van der Waals surface area (Å²) in [6.07, 6.45) is 2.93. The minimum atomic E-state index is 0.175. The molecule has 0 aliphatic carbocycles. The summed E-state index contributed by atoms with van der Waals surface area (Å²) < 4.78 is 5.41. The van der Waals surface area contributed by atoms with Crippen LogP contribution in [0.2, 0.25) is 5.02 Å². The van der Waals surface area contributed by atoms with E-state index in [1.165, 1.54) is 12.4 Å². The van der Waals surface area contributed by atoms with Gasteiger partial charge in [-0.2, -0.15) is 5.26 Å². The van der Waals surface area contributed by atoms with E-state index >= 15 is 0 Å². The Bertz CT molecular complexity index is 566. The van der Waals surface area contributed by atoms with E-state index in [4.69, 9.17) is 21.6 Å². The standard InChI is InChI=1S/C12H8ClN3O/c13-10-3-1-2-9(6-10)8-17-12-11(7-14)15-4-5-16-12/h1-6H,8H2. The second-order valence-corrected chi connectivity index (χ2v) is 3.68. The minimum Gasteiger partial charge on any atom is -0.471 e. The van der Waals surface area contributed by atoms with Crippen LogP contribution in [-0.2, 0) is 6.61 Å². The van der Waals surface area contributed by atoms with Crippen molar-refractivity contribution >= 4 is 11.6 Å². The summed E-state index contributed by atoms with van der Waals surface area (Å²) in [6, 6.07) is 9.22. The molecule has 0 bridgehead atoms. The average Bonchev–Trinajstić information content (AvgIpc) is 2.37. The molecule has 1 aromatic carbocycles. The van der Waals surface area contributed by atoms with Crippen LogP contribution < -0.4 is 4.74 Å². The molecule has 0 saturated carbocycles. The highest BCUT2D eigenvalue weighted by molar-refractivity contribution is 6.30. The topological polar surface area (TPSA) is 58.8 Å². The molecule has 2 rings (SSSR count). The van der Waals surface area contributed by atoms with Gasteiger partial charge in [0.15, 0.2) is 0 Å². The molecule has 1 aromatic heterocycles. The molecule has 0 amide bonds. The van der Waals surface area contributed by atoms with Gasteiger partial charge in [0.1, 0.15) is 12.7 Å². The maximum absolute atomic E-state index is 8.81. The van der Waals surface area contributed by atoms with E-state index in [1.54, 1.807) is 12.1 Å². The molecule has 0 spiro atoms. The fourth-order valence-electron chi connectivity index (χ4n) is 1.29. The van der Waals surface area contributed by atoms with E-state index in [9.17, 15) is 0 Å². The van der Waals surface area contributed by atoms with Crippen LogP contribution in [0, 0.1) is 11.3 Å². The first kappa shape index (κ1) is 11.4. The predicted octanol–water partition coefficient (Wildman–Crippen LogP) is 2.58. The fourth-order valence-corrected chi connectivity index (χ4v) is 1.50. The maximum atomic E-state index is 8.81. The molecule has 0 aliphatic rings. The minimum absolute atomic E-state index is 0.175. The summed E-state index contributed by atoms with van der Waals surface area (Å²) in [4.78, 5) is 7.80. The zero-order chi connectivity index (χ0) is 12.1. The zero-order valence-corrected chi connectivity index (χ0v) is 9.55. The summed E-state index contributed by atoms with van der Waals surface area (Å²) in [5.74, 6) is 0.231. The summed E-state index contributed by atoms with van der Waals surface area (Å²) >= 11 is 5.85. The van der Waals surface area contributed by atoms with Crippen molar-refractivity contribution in [1.29, 1.82) is 5.26 Å². The van der Waals surface area contributed by atoms with Gasteiger partial charge in [0.05, 0.1) is 0 Å². The Balaban J connectivity index is 2.10. The highest BCUT2D eigenvalue weighted by Gasteiger charge is 2.05. The van der Waals surface area contributed by atoms with Crippen LogP contribution in [0.25, 0.3) is 0 Å². The second-order valence-electron chi connectivity index (χ2n) is 3.24. The maximum Gasteiger partial charge on any atom is 0.251 e. The summed E-state index contributed by atoms with van der Waals surface area (Å²) in [5.41, 5.74) is 1.08. The first-order valence-corrected chi connectivity index (χ1v) is 5.26. The lowest BCUT2D eigenvalue weighted by Gasteiger charge is -2.05. The first-order chi connectivity index (χ1) is 8.29. The summed E-state index contributed by atoms with van der Waals surface area (Å²) in [7, 11) is 0. The number of ether oxygens (including phenoxy) is 1. The Morgan fingerprint density at radius 3 is 2.88 bits per heavy atom. The molecule has 0 radical (unpaired) electrons. The van der Waals surface area contributed by atoms with E-state index in [-0.39, 0.29) is 11.6 Å². The van der Waals surface area contributed by atoms with E-state index in [1.807, 2.05) is 18.2 Å². The highest BCUT2D eigenvalue weighted by Crippen LogP contribution is 2.15. The van der Waals surface area contributed by atoms with Crippen LogP contribution in [0.15, 0.2) is 36.7 Å². The number of rotatable bonds is 3. The molecule has 2 aromatic rings. The van der Waals surface area contributed by atoms with Crippen molar-refractivity contribution in [3.05, 3.63) is 52.9 Å². The van der Waals surface area contributed by atoms with Gasteiger partial charge < -0.3 is 4.74 Å². The van der Waals surface area contributed by atoms with Crippen molar-refractivity contribution in [2.45, 2.75) is 6.61 Å². The molecule has 0 saturated heterocycles. The lowest BCUT2D eigenvalue weighted by Crippen LogP contribution is -2.00. The first-order valence-electron chi connectivity index (χ1n) is 4.88. The van der Waals surface area contributed by atoms with Crippen LogP contribution in [-0.4, -0.2) is 9.97 Å². The number of hydrogen-bond donors (Lipinski definition) is 0. The molecule has 0 fully saturated rings. The van der Waals surface area contributed by atoms with E-state index in [2.05, 4.69) is 9.97 Å². The third kappa shape index (κ3) is 2.92. The molecule has 84 valence electrons. The number of nitrogens with zero attached hydrogens (tertiary/aromatic N) is 3. The van der Waals surface area contributed by atoms with Crippen LogP contribution in [0.5, 0.6) is 5.88 Å². The number of aromatic nitrogens is 2. The van der Waals surface area contributed by atoms with Crippen LogP contribution in [0.3, 0.4) is 0 Å². The monoisotopic (exact) mass is 245 g/mol. The van der Waals surface area contributed by atoms with E-state index < -0.39 is 0 Å². The smallest absolute Gasteiger partial charge is 0.251 e. The third-order valence-electron chi connectivity index (χ3n) is 2.04. The molecule has 0 unspecified atom stereocenters. The van der Waals surface area contributed by atoms with Gasteiger partial charge in [0.2, 0.25) is 5.69 Å². The fraction of sp³-hybridized carbons (Fsp3) is 0.0833. The Hall–Kier alpha value is -2.12. The SMILES string of the molecule is N#Cc1nccnc1OCc1cccc(Cl)c1. The van der Waals surface area contributed by atoms with Crippen molar-refractivity contribution in [2.24, 2.45) is 0 Å². The van der Waals surface area contributed by atoms with Crippen molar-refractivity contribution in [1.82, 2.24) is 9.97 Å². The van der Waals surface area contributed by atoms with Gasteiger partial charge in [0.25, 0.3) is 5.88 Å². The third-order valence-corrected chi connectivity index (χ3v) is 2.27. The largest absolute Gasteiger partial charge is 0.471 e. The second kappa shape index (κ2) is 5.28. The molecule has 0 N–H and O–H groups in total. The molecular weight excluding hydrogens is 238 g/mol. The van der Waals surface area contributed by atoms with Crippen molar-refractivity contribution < 1.29 is 4.74 Å². The van der Waals surface area contributed by atoms with E-state index in [0.717, 1.165) is 5.56 Å². The quantitative estimate of drug-likeness (QED) is 0.834. The van der Waals surface area contributed by atoms with Gasteiger partial charge in [-0.3, -0.25) is 0 Å². The van der Waals surface area contributed by atoms with Crippen molar-refractivity contribution in [3.63, 3.8) is 0 Å². The van der Waals surface area contributed by atoms with Crippen LogP contribution >= 0.6 is 11.6 Å². The van der Waals surface area contributed by atoms with Crippen LogP contribution in [0.1, 0.15) is 11.3 Å². The van der Waals surface area contributed by atoms with E-state index in [0.29, 0.717) is 11.6 Å². The zero-order valence-electron chi connectivity index (χ0n) is 8.80. The lowest BCUT2D eigenvalue weighted by molar-refractivity contribution is 0.291. The van der Waals surface area contributed by atoms with Gasteiger partial charge >= 0.3 is 0 Å². The number of benzene rings is 1. The molecule has 1 heterocycles. The normalized spacial score (nSPS) is 9.65. The molecule has 5 heteroatoms. The van der Waals surface area contributed by atoms with Gasteiger partial charge in [0, 0.05) is 17.4 Å². The molecule has 0 atom stereocenters. The van der Waals surface area contributed by atoms with Gasteiger partial charge in [-0.15, -0.1) is 0 Å². The lowest BCUT2D eigenvalue weighted by atomic mass is 10.2. The Morgan fingerprint density at radius 2 is 2.12 bits per heavy atom. The van der Waals surface area contributed by atoms with Crippen LogP contribution in [0.4, 0.5) is 0 Å². The summed E-state index contributed by atoms with van der Waals surface area (Å²) in [6.45, 7) is 0.300. The Kier molecular flexibility index (Phi) is 3.53. The van der Waals surface area contributed by atoms with Gasteiger partial charge in [-0.25, -0.2) is 9.97 Å². The van der Waals surface area contributed by atoms with Crippen molar-refractivity contribution in [2.75, 3.05) is 0 Å². The Morgan fingerprint density at radius 1 is 1.29 bits per heavy atom. The molecule has 0 aliphatic heterocycles. The van der Waals surface area contributed by atoms with Gasteiger partial charge in [-0.05, 0) is 17.7 Å². The highest BCUT2D eigenvalue weighted by atomic mass is 35.5. The molecular formula is C12H8ClN3O. The van der Waals surface area contributed by atoms with Crippen molar-refractivity contribution in [3.8, 4) is 11.9 Å². The Labute approximate surface area is 103 Å². The van der Waals surface area contributed by atoms with Gasteiger partial charge in [-0.1, -0.05) is 23.7 Å². The molecule has 4 nitrogen and oxygen atoms in total. The number of nitriles is 1. The number of halogens is 1. The molecule has 17 heavy (non-hydrogen) atoms.